The van der Waals surface area contributed by atoms with Crippen LogP contribution >= 0.6 is 0 Å². The summed E-state index contributed by atoms with van der Waals surface area (Å²) in [7, 11) is 1.76. The Balaban J connectivity index is 1.34. The van der Waals surface area contributed by atoms with Crippen LogP contribution in [0.4, 0.5) is 10.6 Å². The smallest absolute Gasteiger partial charge is 0.318 e. The van der Waals surface area contributed by atoms with Gasteiger partial charge in [-0.3, -0.25) is 4.79 Å². The third-order valence-electron chi connectivity index (χ3n) is 5.61. The molecule has 146 valence electrons. The van der Waals surface area contributed by atoms with Crippen molar-refractivity contribution in [3.63, 3.8) is 0 Å². The fourth-order valence-electron chi connectivity index (χ4n) is 4.03. The van der Waals surface area contributed by atoms with Gasteiger partial charge in [0.15, 0.2) is 11.6 Å². The quantitative estimate of drug-likeness (QED) is 0.854. The first-order valence-electron chi connectivity index (χ1n) is 9.79. The van der Waals surface area contributed by atoms with Crippen LogP contribution in [-0.2, 0) is 4.79 Å². The fraction of sp³-hybridized carbons (Fsp3) is 0.632. The lowest BCUT2D eigenvalue weighted by atomic mass is 10.2. The number of nitrogens with one attached hydrogen (secondary N) is 1. The lowest BCUT2D eigenvalue weighted by Crippen LogP contribution is -2.47. The van der Waals surface area contributed by atoms with E-state index < -0.39 is 6.04 Å². The van der Waals surface area contributed by atoms with Crippen LogP contribution in [0.3, 0.4) is 0 Å². The molecule has 8 heteroatoms. The fourth-order valence-corrected chi connectivity index (χ4v) is 4.03. The molecule has 27 heavy (non-hydrogen) atoms. The molecule has 0 bridgehead atoms. The van der Waals surface area contributed by atoms with E-state index in [-0.39, 0.29) is 18.0 Å². The van der Waals surface area contributed by atoms with Gasteiger partial charge in [0, 0.05) is 45.8 Å². The zero-order chi connectivity index (χ0) is 18.8. The summed E-state index contributed by atoms with van der Waals surface area (Å²) in [5.41, 5.74) is 0. The molecule has 0 spiro atoms. The van der Waals surface area contributed by atoms with Crippen LogP contribution in [-0.4, -0.2) is 78.6 Å². The Morgan fingerprint density at radius 2 is 2.04 bits per heavy atom. The van der Waals surface area contributed by atoms with Crippen molar-refractivity contribution in [2.45, 2.75) is 37.8 Å². The van der Waals surface area contributed by atoms with Crippen LogP contribution in [0, 0.1) is 0 Å². The summed E-state index contributed by atoms with van der Waals surface area (Å²) in [5, 5.41) is 2.86. The summed E-state index contributed by atoms with van der Waals surface area (Å²) in [5.74, 6) is 1.68. The normalized spacial score (nSPS) is 25.4. The van der Waals surface area contributed by atoms with Gasteiger partial charge in [-0.05, 0) is 31.4 Å². The maximum Gasteiger partial charge on any atom is 0.318 e. The van der Waals surface area contributed by atoms with Gasteiger partial charge in [0.2, 0.25) is 5.91 Å². The van der Waals surface area contributed by atoms with Crippen LogP contribution in [0.5, 0.6) is 5.75 Å². The zero-order valence-corrected chi connectivity index (χ0v) is 15.8. The highest BCUT2D eigenvalue weighted by Gasteiger charge is 2.34. The number of rotatable bonds is 4. The third-order valence-corrected chi connectivity index (χ3v) is 5.61. The summed E-state index contributed by atoms with van der Waals surface area (Å²) < 4.78 is 6.21. The summed E-state index contributed by atoms with van der Waals surface area (Å²) in [6.45, 7) is 3.87. The average Bonchev–Trinajstić information content (AvgIpc) is 3.41. The van der Waals surface area contributed by atoms with Crippen LogP contribution < -0.4 is 15.0 Å². The number of urea groups is 1. The number of amides is 3. The van der Waals surface area contributed by atoms with Gasteiger partial charge in [-0.2, -0.15) is 0 Å². The van der Waals surface area contributed by atoms with Gasteiger partial charge in [-0.25, -0.2) is 9.78 Å². The number of nitrogens with zero attached hydrogens (tertiary/aromatic N) is 4. The predicted molar refractivity (Wildman–Crippen MR) is 101 cm³/mol. The number of hydrogen-bond donors (Lipinski definition) is 1. The second kappa shape index (κ2) is 7.62. The van der Waals surface area contributed by atoms with Crippen LogP contribution in [0.1, 0.15) is 25.7 Å². The van der Waals surface area contributed by atoms with Crippen LogP contribution in [0.15, 0.2) is 18.3 Å². The van der Waals surface area contributed by atoms with E-state index in [1.54, 1.807) is 23.0 Å². The second-order valence-corrected chi connectivity index (χ2v) is 7.54. The lowest BCUT2D eigenvalue weighted by molar-refractivity contribution is -0.128. The Kier molecular flexibility index (Phi) is 5.05. The van der Waals surface area contributed by atoms with Gasteiger partial charge in [-0.1, -0.05) is 0 Å². The molecule has 2 atom stereocenters. The highest BCUT2D eigenvalue weighted by molar-refractivity contribution is 5.88. The molecule has 3 fully saturated rings. The number of pyridine rings is 1. The summed E-state index contributed by atoms with van der Waals surface area (Å²) in [4.78, 5) is 34.6. The van der Waals surface area contributed by atoms with E-state index in [9.17, 15) is 9.59 Å². The number of hydrogen-bond acceptors (Lipinski definition) is 5. The van der Waals surface area contributed by atoms with Crippen molar-refractivity contribution in [1.29, 1.82) is 0 Å². The van der Waals surface area contributed by atoms with Crippen molar-refractivity contribution in [3.8, 4) is 5.75 Å². The van der Waals surface area contributed by atoms with Crippen molar-refractivity contribution in [2.24, 2.45) is 0 Å². The Labute approximate surface area is 159 Å². The van der Waals surface area contributed by atoms with E-state index in [4.69, 9.17) is 4.74 Å². The second-order valence-electron chi connectivity index (χ2n) is 7.54. The molecule has 0 unspecified atom stereocenters. The van der Waals surface area contributed by atoms with Gasteiger partial charge >= 0.3 is 6.03 Å². The van der Waals surface area contributed by atoms with Crippen molar-refractivity contribution in [3.05, 3.63) is 18.3 Å². The minimum absolute atomic E-state index is 0.0130. The van der Waals surface area contributed by atoms with Gasteiger partial charge < -0.3 is 24.8 Å². The molecular formula is C19H27N5O3. The monoisotopic (exact) mass is 373 g/mol. The molecule has 0 aliphatic carbocycles. The molecule has 3 aliphatic heterocycles. The van der Waals surface area contributed by atoms with Gasteiger partial charge in [0.25, 0.3) is 0 Å². The van der Waals surface area contributed by atoms with Crippen LogP contribution in [0.2, 0.25) is 0 Å². The first-order valence-corrected chi connectivity index (χ1v) is 9.79. The Morgan fingerprint density at radius 1 is 1.22 bits per heavy atom. The number of carbonyl (C=O) groups is 2. The predicted octanol–water partition coefficient (Wildman–Crippen LogP) is 1.08. The first-order chi connectivity index (χ1) is 13.1. The average molecular weight is 373 g/mol. The molecule has 1 aromatic rings. The summed E-state index contributed by atoms with van der Waals surface area (Å²) in [6.07, 6.45) is 5.56. The molecule has 3 amide bonds. The maximum absolute atomic E-state index is 12.5. The first kappa shape index (κ1) is 17.9. The number of carbonyl (C=O) groups excluding carboxylic acids is 2. The van der Waals surface area contributed by atoms with Crippen molar-refractivity contribution < 1.29 is 14.3 Å². The Morgan fingerprint density at radius 3 is 2.78 bits per heavy atom. The number of aromatic nitrogens is 1. The molecular weight excluding hydrogens is 346 g/mol. The van der Waals surface area contributed by atoms with E-state index in [0.29, 0.717) is 26.1 Å². The lowest BCUT2D eigenvalue weighted by Gasteiger charge is -2.23. The maximum atomic E-state index is 12.5. The molecule has 1 aromatic heterocycles. The molecule has 0 radical (unpaired) electrons. The standard InChI is InChI=1S/C19H27N5O3/c1-22-11-7-15(18(22)25)21-19(26)24-12-6-14(13-24)27-16-5-4-8-20-17(16)23-9-2-3-10-23/h4-5,8,14-15H,2-3,6-7,9-13H2,1H3,(H,21,26)/t14-,15+/m1/s1. The minimum atomic E-state index is -0.400. The molecule has 1 N–H and O–H groups in total. The van der Waals surface area contributed by atoms with Crippen molar-refractivity contribution in [1.82, 2.24) is 20.1 Å². The SMILES string of the molecule is CN1CC[C@H](NC(=O)N2CC[C@@H](Oc3cccnc3N3CCCC3)C2)C1=O. The summed E-state index contributed by atoms with van der Waals surface area (Å²) >= 11 is 0. The molecule has 3 saturated heterocycles. The molecule has 8 nitrogen and oxygen atoms in total. The molecule has 3 aliphatic rings. The molecule has 4 heterocycles. The largest absolute Gasteiger partial charge is 0.485 e. The zero-order valence-electron chi connectivity index (χ0n) is 15.8. The van der Waals surface area contributed by atoms with E-state index in [2.05, 4.69) is 15.2 Å². The van der Waals surface area contributed by atoms with Crippen LogP contribution in [0.25, 0.3) is 0 Å². The topological polar surface area (TPSA) is 78.0 Å². The van der Waals surface area contributed by atoms with Gasteiger partial charge in [0.05, 0.1) is 6.54 Å². The van der Waals surface area contributed by atoms with Gasteiger partial charge in [-0.15, -0.1) is 0 Å². The number of anilines is 1. The van der Waals surface area contributed by atoms with E-state index >= 15 is 0 Å². The highest BCUT2D eigenvalue weighted by Crippen LogP contribution is 2.30. The number of likely N-dealkylation sites (tertiary alicyclic amines) is 2. The Bertz CT molecular complexity index is 706. The highest BCUT2D eigenvalue weighted by atomic mass is 16.5. The van der Waals surface area contributed by atoms with Crippen molar-refractivity contribution >= 4 is 17.8 Å². The minimum Gasteiger partial charge on any atom is -0.485 e. The van der Waals surface area contributed by atoms with Crippen molar-refractivity contribution in [2.75, 3.05) is 44.7 Å². The molecule has 4 rings (SSSR count). The number of ether oxygens (including phenoxy) is 1. The Hall–Kier alpha value is -2.51. The summed E-state index contributed by atoms with van der Waals surface area (Å²) in [6, 6.07) is 3.26. The van der Waals surface area contributed by atoms with E-state index in [1.165, 1.54) is 12.8 Å². The number of likely N-dealkylation sites (N-methyl/N-ethyl adjacent to an activating group) is 1. The third kappa shape index (κ3) is 3.79. The van der Waals surface area contributed by atoms with E-state index in [0.717, 1.165) is 31.1 Å². The molecule has 0 aromatic carbocycles. The van der Waals surface area contributed by atoms with E-state index in [1.807, 2.05) is 12.1 Å². The molecule has 0 saturated carbocycles. The van der Waals surface area contributed by atoms with Gasteiger partial charge in [0.1, 0.15) is 12.1 Å².